The Morgan fingerprint density at radius 3 is 2.19 bits per heavy atom. The number of rotatable bonds is 6. The van der Waals surface area contributed by atoms with Gasteiger partial charge in [-0.05, 0) is 98.6 Å². The van der Waals surface area contributed by atoms with Gasteiger partial charge in [-0.3, -0.25) is 0 Å². The largest absolute Gasteiger partial charge is 0.491 e. The molecule has 3 aromatic carbocycles. The molecule has 0 aromatic heterocycles. The van der Waals surface area contributed by atoms with Crippen molar-refractivity contribution >= 4 is 63.1 Å². The maximum atomic E-state index is 12.4. The quantitative estimate of drug-likeness (QED) is 0.172. The van der Waals surface area contributed by atoms with Crippen molar-refractivity contribution in [2.45, 2.75) is 13.3 Å². The predicted octanol–water partition coefficient (Wildman–Crippen LogP) is 6.70. The molecule has 0 amide bonds. The van der Waals surface area contributed by atoms with E-state index in [0.29, 0.717) is 12.5 Å². The number of benzene rings is 3. The maximum absolute atomic E-state index is 12.4. The lowest BCUT2D eigenvalue weighted by atomic mass is 10.0. The van der Waals surface area contributed by atoms with Gasteiger partial charge in [-0.25, -0.2) is 9.79 Å². The van der Waals surface area contributed by atoms with E-state index >= 15 is 0 Å². The van der Waals surface area contributed by atoms with Gasteiger partial charge in [-0.1, -0.05) is 49.4 Å². The van der Waals surface area contributed by atoms with Crippen molar-refractivity contribution in [2.24, 2.45) is 4.99 Å². The molecule has 0 aliphatic carbocycles. The Labute approximate surface area is 208 Å². The summed E-state index contributed by atoms with van der Waals surface area (Å²) in [7, 11) is 0. The van der Waals surface area contributed by atoms with Gasteiger partial charge in [0, 0.05) is 5.56 Å². The second-order valence-electron chi connectivity index (χ2n) is 6.94. The van der Waals surface area contributed by atoms with Gasteiger partial charge >= 0.3 is 5.97 Å². The standard InChI is InChI=1S/C25H19I2NO3/c1-2-12-30-23-20(26)13-16(14-21(23)27)15-22-25(29)31-24(28-22)19-10-8-18(9-11-19)17-6-4-3-5-7-17/h3-11,13-15H,2,12H2,1H3/b22-15-. The molecule has 0 spiro atoms. The molecule has 0 radical (unpaired) electrons. The molecule has 0 saturated heterocycles. The van der Waals surface area contributed by atoms with Crippen molar-refractivity contribution < 1.29 is 14.3 Å². The lowest BCUT2D eigenvalue weighted by molar-refractivity contribution is -0.129. The monoisotopic (exact) mass is 635 g/mol. The average Bonchev–Trinajstić information content (AvgIpc) is 3.14. The van der Waals surface area contributed by atoms with Crippen molar-refractivity contribution in [3.8, 4) is 16.9 Å². The van der Waals surface area contributed by atoms with Gasteiger partial charge in [0.1, 0.15) is 5.75 Å². The molecular weight excluding hydrogens is 616 g/mol. The summed E-state index contributed by atoms with van der Waals surface area (Å²) in [5.74, 6) is 0.753. The first kappa shape index (κ1) is 22.0. The fourth-order valence-electron chi connectivity index (χ4n) is 3.13. The van der Waals surface area contributed by atoms with Crippen LogP contribution in [-0.2, 0) is 9.53 Å². The van der Waals surface area contributed by atoms with E-state index in [1.54, 1.807) is 6.08 Å². The molecule has 0 unspecified atom stereocenters. The fraction of sp³-hybridized carbons (Fsp3) is 0.120. The molecule has 3 aromatic rings. The molecule has 0 N–H and O–H groups in total. The van der Waals surface area contributed by atoms with E-state index in [4.69, 9.17) is 9.47 Å². The van der Waals surface area contributed by atoms with Crippen molar-refractivity contribution in [2.75, 3.05) is 6.61 Å². The van der Waals surface area contributed by atoms with Gasteiger partial charge in [0.25, 0.3) is 0 Å². The number of carbonyl (C=O) groups is 1. The minimum Gasteiger partial charge on any atom is -0.491 e. The first-order valence-corrected chi connectivity index (χ1v) is 12.0. The molecular formula is C25H19I2NO3. The lowest BCUT2D eigenvalue weighted by Crippen LogP contribution is -2.05. The highest BCUT2D eigenvalue weighted by Gasteiger charge is 2.24. The fourth-order valence-corrected chi connectivity index (χ4v) is 5.26. The molecule has 1 aliphatic heterocycles. The van der Waals surface area contributed by atoms with Gasteiger partial charge in [-0.2, -0.15) is 0 Å². The summed E-state index contributed by atoms with van der Waals surface area (Å²) in [4.78, 5) is 16.8. The SMILES string of the molecule is CCCOc1c(I)cc(/C=C2\N=C(c3ccc(-c4ccccc4)cc3)OC2=O)cc1I. The molecule has 0 saturated carbocycles. The Balaban J connectivity index is 1.58. The smallest absolute Gasteiger partial charge is 0.363 e. The van der Waals surface area contributed by atoms with Crippen LogP contribution in [0.25, 0.3) is 17.2 Å². The van der Waals surface area contributed by atoms with Gasteiger partial charge in [-0.15, -0.1) is 0 Å². The minimum atomic E-state index is -0.446. The highest BCUT2D eigenvalue weighted by atomic mass is 127. The van der Waals surface area contributed by atoms with Crippen LogP contribution in [0, 0.1) is 7.14 Å². The number of hydrogen-bond acceptors (Lipinski definition) is 4. The van der Waals surface area contributed by atoms with Crippen LogP contribution in [0.2, 0.25) is 0 Å². The normalized spacial score (nSPS) is 14.5. The Hall–Kier alpha value is -2.20. The third kappa shape index (κ3) is 5.17. The second-order valence-corrected chi connectivity index (χ2v) is 9.27. The topological polar surface area (TPSA) is 47.9 Å². The van der Waals surface area contributed by atoms with Gasteiger partial charge in [0.05, 0.1) is 13.7 Å². The number of halogens is 2. The predicted molar refractivity (Wildman–Crippen MR) is 140 cm³/mol. The van der Waals surface area contributed by atoms with Crippen molar-refractivity contribution in [1.29, 1.82) is 0 Å². The number of esters is 1. The van der Waals surface area contributed by atoms with Crippen LogP contribution in [-0.4, -0.2) is 18.5 Å². The second kappa shape index (κ2) is 9.95. The van der Waals surface area contributed by atoms with E-state index in [0.717, 1.165) is 41.6 Å². The first-order valence-electron chi connectivity index (χ1n) is 9.85. The van der Waals surface area contributed by atoms with E-state index in [1.807, 2.05) is 54.6 Å². The van der Waals surface area contributed by atoms with Gasteiger partial charge in [0.15, 0.2) is 5.70 Å². The van der Waals surface area contributed by atoms with E-state index in [2.05, 4.69) is 69.2 Å². The molecule has 156 valence electrons. The van der Waals surface area contributed by atoms with Crippen molar-refractivity contribution in [3.05, 3.63) is 90.7 Å². The summed E-state index contributed by atoms with van der Waals surface area (Å²) in [6, 6.07) is 21.9. The van der Waals surface area contributed by atoms with Crippen LogP contribution in [0.5, 0.6) is 5.75 Å². The molecule has 0 atom stereocenters. The van der Waals surface area contributed by atoms with E-state index < -0.39 is 5.97 Å². The lowest BCUT2D eigenvalue weighted by Gasteiger charge is -2.10. The van der Waals surface area contributed by atoms with Crippen LogP contribution in [0.15, 0.2) is 77.4 Å². The molecule has 0 fully saturated rings. The summed E-state index contributed by atoms with van der Waals surface area (Å²) < 4.78 is 13.2. The zero-order valence-electron chi connectivity index (χ0n) is 16.8. The van der Waals surface area contributed by atoms with Crippen molar-refractivity contribution in [1.82, 2.24) is 0 Å². The minimum absolute atomic E-state index is 0.288. The molecule has 31 heavy (non-hydrogen) atoms. The molecule has 6 heteroatoms. The first-order chi connectivity index (χ1) is 15.0. The Bertz CT molecular complexity index is 1150. The summed E-state index contributed by atoms with van der Waals surface area (Å²) >= 11 is 4.51. The maximum Gasteiger partial charge on any atom is 0.363 e. The van der Waals surface area contributed by atoms with Gasteiger partial charge < -0.3 is 9.47 Å². The van der Waals surface area contributed by atoms with Crippen molar-refractivity contribution in [3.63, 3.8) is 0 Å². The highest BCUT2D eigenvalue weighted by Crippen LogP contribution is 2.31. The molecule has 4 rings (SSSR count). The number of hydrogen-bond donors (Lipinski definition) is 0. The Morgan fingerprint density at radius 2 is 1.55 bits per heavy atom. The number of aliphatic imine (C=N–C) groups is 1. The average molecular weight is 635 g/mol. The number of nitrogens with zero attached hydrogens (tertiary/aromatic N) is 1. The molecule has 4 nitrogen and oxygen atoms in total. The van der Waals surface area contributed by atoms with Crippen LogP contribution in [0.3, 0.4) is 0 Å². The summed E-state index contributed by atoms with van der Waals surface area (Å²) in [5, 5.41) is 0. The Kier molecular flexibility index (Phi) is 7.06. The third-order valence-electron chi connectivity index (χ3n) is 4.63. The van der Waals surface area contributed by atoms with E-state index in [9.17, 15) is 4.79 Å². The number of carbonyl (C=O) groups excluding carboxylic acids is 1. The molecule has 1 aliphatic rings. The highest BCUT2D eigenvalue weighted by molar-refractivity contribution is 14.1. The number of cyclic esters (lactones) is 1. The van der Waals surface area contributed by atoms with Crippen LogP contribution >= 0.6 is 45.2 Å². The zero-order chi connectivity index (χ0) is 21.8. The summed E-state index contributed by atoms with van der Waals surface area (Å²) in [6.45, 7) is 2.75. The van der Waals surface area contributed by atoms with Crippen LogP contribution in [0.4, 0.5) is 0 Å². The summed E-state index contributed by atoms with van der Waals surface area (Å²) in [5.41, 5.74) is 4.17. The molecule has 1 heterocycles. The molecule has 0 bridgehead atoms. The van der Waals surface area contributed by atoms with Crippen LogP contribution < -0.4 is 4.74 Å². The van der Waals surface area contributed by atoms with E-state index in [1.165, 1.54) is 0 Å². The van der Waals surface area contributed by atoms with Crippen LogP contribution in [0.1, 0.15) is 24.5 Å². The third-order valence-corrected chi connectivity index (χ3v) is 6.24. The number of ether oxygens (including phenoxy) is 2. The Morgan fingerprint density at radius 1 is 0.935 bits per heavy atom. The van der Waals surface area contributed by atoms with E-state index in [-0.39, 0.29) is 5.70 Å². The zero-order valence-corrected chi connectivity index (χ0v) is 21.1. The summed E-state index contributed by atoms with van der Waals surface area (Å²) in [6.07, 6.45) is 2.70. The van der Waals surface area contributed by atoms with Gasteiger partial charge in [0.2, 0.25) is 5.90 Å².